The van der Waals surface area contributed by atoms with Crippen molar-refractivity contribution in [1.82, 2.24) is 0 Å². The second-order valence-corrected chi connectivity index (χ2v) is 9.69. The van der Waals surface area contributed by atoms with Gasteiger partial charge in [0.25, 0.3) is 0 Å². The molecule has 0 saturated carbocycles. The van der Waals surface area contributed by atoms with Gasteiger partial charge in [0.15, 0.2) is 0 Å². The smallest absolute Gasteiger partial charge is 0.338 e. The molecule has 29 heavy (non-hydrogen) atoms. The van der Waals surface area contributed by atoms with Crippen molar-refractivity contribution >= 4 is 17.3 Å². The molecule has 0 aromatic heterocycles. The lowest BCUT2D eigenvalue weighted by molar-refractivity contribution is 0.0526. The topological polar surface area (TPSA) is 29.5 Å². The highest BCUT2D eigenvalue weighted by Crippen LogP contribution is 2.36. The third-order valence-corrected chi connectivity index (χ3v) is 5.10. The first kappa shape index (κ1) is 23.0. The fourth-order valence-electron chi connectivity index (χ4n) is 3.26. The number of nitrogens with zero attached hydrogens (tertiary/aromatic N) is 1. The zero-order chi connectivity index (χ0) is 21.8. The molecule has 2 rings (SSSR count). The van der Waals surface area contributed by atoms with Crippen LogP contribution in [0, 0.1) is 0 Å². The Morgan fingerprint density at radius 1 is 0.828 bits per heavy atom. The molecule has 158 valence electrons. The average Bonchev–Trinajstić information content (AvgIpc) is 2.64. The number of anilines is 2. The predicted octanol–water partition coefficient (Wildman–Crippen LogP) is 7.01. The van der Waals surface area contributed by atoms with Gasteiger partial charge in [-0.1, -0.05) is 54.5 Å². The fraction of sp³-hybridized carbons (Fsp3) is 0.500. The summed E-state index contributed by atoms with van der Waals surface area (Å²) >= 11 is 0. The van der Waals surface area contributed by atoms with Gasteiger partial charge in [-0.05, 0) is 71.7 Å². The van der Waals surface area contributed by atoms with Crippen LogP contribution in [0.1, 0.15) is 83.3 Å². The molecule has 3 heteroatoms. The molecule has 0 fully saturated rings. The van der Waals surface area contributed by atoms with E-state index in [2.05, 4.69) is 71.6 Å². The number of hydrogen-bond acceptors (Lipinski definition) is 3. The fourth-order valence-corrected chi connectivity index (χ4v) is 3.26. The third kappa shape index (κ3) is 5.85. The van der Waals surface area contributed by atoms with E-state index in [0.29, 0.717) is 12.2 Å². The van der Waals surface area contributed by atoms with Crippen molar-refractivity contribution < 1.29 is 9.53 Å². The van der Waals surface area contributed by atoms with Crippen LogP contribution >= 0.6 is 0 Å². The SMILES string of the molecule is CCCN(c1ccc(C(=O)OCC)cc1)c1cc(C(C)(C)C)cc(C(C)(C)C)c1. The van der Waals surface area contributed by atoms with Crippen LogP contribution in [-0.4, -0.2) is 19.1 Å². The quantitative estimate of drug-likeness (QED) is 0.493. The molecule has 0 radical (unpaired) electrons. The molecule has 2 aromatic carbocycles. The molecule has 0 spiro atoms. The lowest BCUT2D eigenvalue weighted by atomic mass is 9.80. The summed E-state index contributed by atoms with van der Waals surface area (Å²) < 4.78 is 5.11. The van der Waals surface area contributed by atoms with Crippen LogP contribution in [0.4, 0.5) is 11.4 Å². The van der Waals surface area contributed by atoms with Crippen molar-refractivity contribution in [3.05, 3.63) is 59.2 Å². The molecular weight excluding hydrogens is 358 g/mol. The van der Waals surface area contributed by atoms with Gasteiger partial charge < -0.3 is 9.64 Å². The van der Waals surface area contributed by atoms with Crippen molar-refractivity contribution in [3.8, 4) is 0 Å². The first-order valence-electron chi connectivity index (χ1n) is 10.7. The first-order valence-corrected chi connectivity index (χ1v) is 10.7. The maximum Gasteiger partial charge on any atom is 0.338 e. The molecule has 3 nitrogen and oxygen atoms in total. The molecule has 0 aliphatic carbocycles. The molecule has 0 amide bonds. The number of carbonyl (C=O) groups is 1. The van der Waals surface area contributed by atoms with Crippen molar-refractivity contribution in [2.24, 2.45) is 0 Å². The summed E-state index contributed by atoms with van der Waals surface area (Å²) in [5.41, 5.74) is 5.70. The Balaban J connectivity index is 2.53. The summed E-state index contributed by atoms with van der Waals surface area (Å²) in [5.74, 6) is -0.272. The summed E-state index contributed by atoms with van der Waals surface area (Å²) in [4.78, 5) is 14.3. The van der Waals surface area contributed by atoms with Crippen molar-refractivity contribution in [3.63, 3.8) is 0 Å². The van der Waals surface area contributed by atoms with E-state index in [4.69, 9.17) is 4.74 Å². The highest BCUT2D eigenvalue weighted by molar-refractivity contribution is 5.90. The second-order valence-electron chi connectivity index (χ2n) is 9.69. The Morgan fingerprint density at radius 2 is 1.34 bits per heavy atom. The lowest BCUT2D eigenvalue weighted by Crippen LogP contribution is -2.22. The summed E-state index contributed by atoms with van der Waals surface area (Å²) in [7, 11) is 0. The zero-order valence-corrected chi connectivity index (χ0v) is 19.4. The zero-order valence-electron chi connectivity index (χ0n) is 19.4. The predicted molar refractivity (Wildman–Crippen MR) is 124 cm³/mol. The van der Waals surface area contributed by atoms with Crippen molar-refractivity contribution in [2.75, 3.05) is 18.1 Å². The van der Waals surface area contributed by atoms with E-state index in [9.17, 15) is 4.79 Å². The summed E-state index contributed by atoms with van der Waals surface area (Å²) in [6.45, 7) is 18.9. The first-order chi connectivity index (χ1) is 13.5. The van der Waals surface area contributed by atoms with Gasteiger partial charge in [0.2, 0.25) is 0 Å². The molecule has 0 bridgehead atoms. The molecule has 0 heterocycles. The third-order valence-electron chi connectivity index (χ3n) is 5.10. The van der Waals surface area contributed by atoms with E-state index >= 15 is 0 Å². The highest BCUT2D eigenvalue weighted by atomic mass is 16.5. The van der Waals surface area contributed by atoms with Crippen molar-refractivity contribution in [2.45, 2.75) is 72.6 Å². The van der Waals surface area contributed by atoms with Gasteiger partial charge >= 0.3 is 5.97 Å². The number of rotatable bonds is 6. The Kier molecular flexibility index (Phi) is 7.15. The molecule has 2 aromatic rings. The largest absolute Gasteiger partial charge is 0.462 e. The van der Waals surface area contributed by atoms with E-state index in [1.54, 1.807) is 0 Å². The number of benzene rings is 2. The molecule has 0 aliphatic heterocycles. The van der Waals surface area contributed by atoms with Gasteiger partial charge in [-0.25, -0.2) is 4.79 Å². The lowest BCUT2D eigenvalue weighted by Gasteiger charge is -2.31. The van der Waals surface area contributed by atoms with E-state index in [1.165, 1.54) is 16.8 Å². The summed E-state index contributed by atoms with van der Waals surface area (Å²) in [6.07, 6.45) is 1.03. The second kappa shape index (κ2) is 9.02. The van der Waals surface area contributed by atoms with E-state index < -0.39 is 0 Å². The minimum absolute atomic E-state index is 0.0711. The molecule has 0 saturated heterocycles. The Labute approximate surface area is 177 Å². The molecule has 0 atom stereocenters. The molecule has 0 N–H and O–H groups in total. The minimum Gasteiger partial charge on any atom is -0.462 e. The molecule has 0 aliphatic rings. The number of ether oxygens (including phenoxy) is 1. The van der Waals surface area contributed by atoms with Gasteiger partial charge in [-0.15, -0.1) is 0 Å². The Morgan fingerprint density at radius 3 is 1.76 bits per heavy atom. The van der Waals surface area contributed by atoms with Gasteiger partial charge in [0, 0.05) is 17.9 Å². The summed E-state index contributed by atoms with van der Waals surface area (Å²) in [5, 5.41) is 0. The standard InChI is InChI=1S/C26H37NO2/c1-9-15-27(22-13-11-19(12-14-22)24(28)29-10-2)23-17-20(25(3,4)5)16-21(18-23)26(6,7)8/h11-14,16-18H,9-10,15H2,1-8H3. The van der Waals surface area contributed by atoms with Crippen LogP contribution < -0.4 is 4.90 Å². The molecule has 0 unspecified atom stereocenters. The van der Waals surface area contributed by atoms with E-state index in [-0.39, 0.29) is 16.8 Å². The van der Waals surface area contributed by atoms with Crippen LogP contribution in [0.3, 0.4) is 0 Å². The maximum absolute atomic E-state index is 12.0. The van der Waals surface area contributed by atoms with Crippen LogP contribution in [-0.2, 0) is 15.6 Å². The normalized spacial score (nSPS) is 12.0. The Hall–Kier alpha value is -2.29. The molecular formula is C26H37NO2. The van der Waals surface area contributed by atoms with Crippen LogP contribution in [0.2, 0.25) is 0 Å². The van der Waals surface area contributed by atoms with Gasteiger partial charge in [-0.3, -0.25) is 0 Å². The van der Waals surface area contributed by atoms with Crippen LogP contribution in [0.5, 0.6) is 0 Å². The highest BCUT2D eigenvalue weighted by Gasteiger charge is 2.22. The van der Waals surface area contributed by atoms with Gasteiger partial charge in [0.05, 0.1) is 12.2 Å². The minimum atomic E-state index is -0.272. The van der Waals surface area contributed by atoms with Crippen molar-refractivity contribution in [1.29, 1.82) is 0 Å². The average molecular weight is 396 g/mol. The maximum atomic E-state index is 12.0. The summed E-state index contributed by atoms with van der Waals surface area (Å²) in [6, 6.07) is 14.7. The number of hydrogen-bond donors (Lipinski definition) is 0. The van der Waals surface area contributed by atoms with Crippen LogP contribution in [0.15, 0.2) is 42.5 Å². The monoisotopic (exact) mass is 395 g/mol. The Bertz CT molecular complexity index is 791. The van der Waals surface area contributed by atoms with Crippen LogP contribution in [0.25, 0.3) is 0 Å². The van der Waals surface area contributed by atoms with E-state index in [0.717, 1.165) is 18.7 Å². The van der Waals surface area contributed by atoms with E-state index in [1.807, 2.05) is 31.2 Å². The van der Waals surface area contributed by atoms with Gasteiger partial charge in [0.1, 0.15) is 0 Å². The van der Waals surface area contributed by atoms with Gasteiger partial charge in [-0.2, -0.15) is 0 Å². The number of carbonyl (C=O) groups excluding carboxylic acids is 1. The number of esters is 1.